The van der Waals surface area contributed by atoms with Crippen molar-refractivity contribution >= 4 is 34.1 Å². The Balaban J connectivity index is 1.47. The number of rotatable bonds is 4. The Kier molecular flexibility index (Phi) is 5.96. The SMILES string of the molecule is Nc1ncc(-c2cccc3[nH]c(C(F)(F)F)cc23)nc1C(=O)Nc1ncccc1N1CCC(N)CC1. The van der Waals surface area contributed by atoms with Gasteiger partial charge in [0.15, 0.2) is 17.3 Å². The Labute approximate surface area is 203 Å². The Morgan fingerprint density at radius 1 is 1.14 bits per heavy atom. The summed E-state index contributed by atoms with van der Waals surface area (Å²) >= 11 is 0. The first-order valence-electron chi connectivity index (χ1n) is 11.3. The molecule has 4 aromatic rings. The molecule has 9 nitrogen and oxygen atoms in total. The number of piperidine rings is 1. The van der Waals surface area contributed by atoms with E-state index in [4.69, 9.17) is 11.5 Å². The van der Waals surface area contributed by atoms with Crippen LogP contribution in [0.3, 0.4) is 0 Å². The van der Waals surface area contributed by atoms with Crippen LogP contribution in [0.1, 0.15) is 29.0 Å². The molecule has 6 N–H and O–H groups in total. The minimum absolute atomic E-state index is 0.116. The van der Waals surface area contributed by atoms with Crippen LogP contribution in [0.15, 0.2) is 48.8 Å². The summed E-state index contributed by atoms with van der Waals surface area (Å²) in [6.07, 6.45) is -0.00361. The van der Waals surface area contributed by atoms with Crippen LogP contribution in [0.25, 0.3) is 22.2 Å². The summed E-state index contributed by atoms with van der Waals surface area (Å²) < 4.78 is 39.7. The summed E-state index contributed by atoms with van der Waals surface area (Å²) in [4.78, 5) is 30.4. The number of nitrogens with zero attached hydrogens (tertiary/aromatic N) is 4. The second-order valence-electron chi connectivity index (χ2n) is 8.59. The van der Waals surface area contributed by atoms with Crippen LogP contribution >= 0.6 is 0 Å². The van der Waals surface area contributed by atoms with Gasteiger partial charge in [-0.05, 0) is 37.1 Å². The fourth-order valence-corrected chi connectivity index (χ4v) is 4.28. The first kappa shape index (κ1) is 23.5. The van der Waals surface area contributed by atoms with Gasteiger partial charge in [0.05, 0.1) is 17.6 Å². The van der Waals surface area contributed by atoms with Crippen molar-refractivity contribution in [3.8, 4) is 11.3 Å². The van der Waals surface area contributed by atoms with Gasteiger partial charge in [0.2, 0.25) is 0 Å². The van der Waals surface area contributed by atoms with E-state index < -0.39 is 17.8 Å². The fraction of sp³-hybridized carbons (Fsp3) is 0.250. The Hall–Kier alpha value is -4.19. The highest BCUT2D eigenvalue weighted by molar-refractivity contribution is 6.07. The molecule has 1 aliphatic rings. The number of anilines is 3. The summed E-state index contributed by atoms with van der Waals surface area (Å²) in [7, 11) is 0. The van der Waals surface area contributed by atoms with Crippen LogP contribution in [-0.2, 0) is 6.18 Å². The van der Waals surface area contributed by atoms with Crippen LogP contribution < -0.4 is 21.7 Å². The monoisotopic (exact) mass is 496 g/mol. The summed E-state index contributed by atoms with van der Waals surface area (Å²) in [6.45, 7) is 1.46. The Bertz CT molecular complexity index is 1430. The summed E-state index contributed by atoms with van der Waals surface area (Å²) in [6, 6.07) is 9.52. The molecular weight excluding hydrogens is 473 g/mol. The van der Waals surface area contributed by atoms with Crippen LogP contribution in [0.5, 0.6) is 0 Å². The first-order chi connectivity index (χ1) is 17.2. The van der Waals surface area contributed by atoms with Crippen molar-refractivity contribution in [2.24, 2.45) is 5.73 Å². The van der Waals surface area contributed by atoms with E-state index in [-0.39, 0.29) is 28.8 Å². The van der Waals surface area contributed by atoms with Crippen LogP contribution in [0, 0.1) is 0 Å². The number of nitrogens with two attached hydrogens (primary N) is 2. The van der Waals surface area contributed by atoms with Gasteiger partial charge < -0.3 is 26.7 Å². The third-order valence-electron chi connectivity index (χ3n) is 6.16. The fourth-order valence-electron chi connectivity index (χ4n) is 4.28. The number of hydrogen-bond donors (Lipinski definition) is 4. The minimum atomic E-state index is -4.53. The van der Waals surface area contributed by atoms with E-state index in [0.717, 1.165) is 37.7 Å². The largest absolute Gasteiger partial charge is 0.431 e. The average Bonchev–Trinajstić information content (AvgIpc) is 3.31. The maximum absolute atomic E-state index is 13.2. The highest BCUT2D eigenvalue weighted by atomic mass is 19.4. The lowest BCUT2D eigenvalue weighted by molar-refractivity contribution is -0.140. The lowest BCUT2D eigenvalue weighted by Crippen LogP contribution is -2.40. The Morgan fingerprint density at radius 3 is 2.67 bits per heavy atom. The van der Waals surface area contributed by atoms with Crippen molar-refractivity contribution in [3.63, 3.8) is 0 Å². The predicted molar refractivity (Wildman–Crippen MR) is 130 cm³/mol. The smallest absolute Gasteiger partial charge is 0.382 e. The number of fused-ring (bicyclic) bond motifs is 1. The molecule has 36 heavy (non-hydrogen) atoms. The van der Waals surface area contributed by atoms with Gasteiger partial charge in [-0.15, -0.1) is 0 Å². The van der Waals surface area contributed by atoms with Gasteiger partial charge in [0.25, 0.3) is 5.91 Å². The molecule has 0 bridgehead atoms. The second-order valence-corrected chi connectivity index (χ2v) is 8.59. The molecule has 0 aliphatic carbocycles. The molecule has 1 amide bonds. The number of hydrogen-bond acceptors (Lipinski definition) is 7. The third-order valence-corrected chi connectivity index (χ3v) is 6.16. The number of benzene rings is 1. The number of aromatic amines is 1. The zero-order valence-corrected chi connectivity index (χ0v) is 19.0. The van der Waals surface area contributed by atoms with E-state index in [1.807, 2.05) is 6.07 Å². The van der Waals surface area contributed by atoms with E-state index in [1.54, 1.807) is 24.4 Å². The molecule has 186 valence electrons. The van der Waals surface area contributed by atoms with Gasteiger partial charge >= 0.3 is 6.18 Å². The van der Waals surface area contributed by atoms with Crippen molar-refractivity contribution in [1.29, 1.82) is 0 Å². The number of pyridine rings is 1. The maximum Gasteiger partial charge on any atom is 0.431 e. The third kappa shape index (κ3) is 4.54. The molecule has 1 aromatic carbocycles. The molecule has 0 spiro atoms. The molecule has 5 rings (SSSR count). The molecule has 1 fully saturated rings. The number of carbonyl (C=O) groups excluding carboxylic acids is 1. The lowest BCUT2D eigenvalue weighted by atomic mass is 10.1. The first-order valence-corrected chi connectivity index (χ1v) is 11.3. The quantitative estimate of drug-likeness (QED) is 0.337. The minimum Gasteiger partial charge on any atom is -0.382 e. The summed E-state index contributed by atoms with van der Waals surface area (Å²) in [5.74, 6) is -0.408. The molecule has 1 saturated heterocycles. The molecular formula is C24H23F3N8O. The number of carbonyl (C=O) groups is 1. The van der Waals surface area contributed by atoms with E-state index in [2.05, 4.69) is 30.2 Å². The van der Waals surface area contributed by atoms with E-state index >= 15 is 0 Å². The molecule has 0 saturated carbocycles. The topological polar surface area (TPSA) is 139 Å². The number of amides is 1. The van der Waals surface area contributed by atoms with Gasteiger partial charge in [-0.25, -0.2) is 15.0 Å². The van der Waals surface area contributed by atoms with Crippen LogP contribution in [0.4, 0.5) is 30.5 Å². The molecule has 0 atom stereocenters. The zero-order valence-electron chi connectivity index (χ0n) is 19.0. The maximum atomic E-state index is 13.2. The van der Waals surface area contributed by atoms with Crippen molar-refractivity contribution < 1.29 is 18.0 Å². The van der Waals surface area contributed by atoms with Crippen molar-refractivity contribution in [2.75, 3.05) is 29.0 Å². The molecule has 4 heterocycles. The Morgan fingerprint density at radius 2 is 1.92 bits per heavy atom. The number of alkyl halides is 3. The molecule has 3 aromatic heterocycles. The van der Waals surface area contributed by atoms with Gasteiger partial charge in [0, 0.05) is 41.8 Å². The predicted octanol–water partition coefficient (Wildman–Crippen LogP) is 3.80. The zero-order chi connectivity index (χ0) is 25.4. The normalized spacial score (nSPS) is 14.8. The summed E-state index contributed by atoms with van der Waals surface area (Å²) in [5.41, 5.74) is 12.5. The van der Waals surface area contributed by atoms with Crippen LogP contribution in [0.2, 0.25) is 0 Å². The van der Waals surface area contributed by atoms with Crippen molar-refractivity contribution in [2.45, 2.75) is 25.1 Å². The molecule has 12 heteroatoms. The van der Waals surface area contributed by atoms with E-state index in [9.17, 15) is 18.0 Å². The van der Waals surface area contributed by atoms with E-state index in [0.29, 0.717) is 16.8 Å². The van der Waals surface area contributed by atoms with Crippen LogP contribution in [-0.4, -0.2) is 45.0 Å². The van der Waals surface area contributed by atoms with Gasteiger partial charge in [-0.2, -0.15) is 13.2 Å². The van der Waals surface area contributed by atoms with Gasteiger partial charge in [-0.1, -0.05) is 12.1 Å². The number of nitrogen functional groups attached to an aromatic ring is 1. The van der Waals surface area contributed by atoms with Gasteiger partial charge in [0.1, 0.15) is 5.69 Å². The second kappa shape index (κ2) is 9.11. The van der Waals surface area contributed by atoms with Crippen molar-refractivity contribution in [1.82, 2.24) is 19.9 Å². The number of halogens is 3. The molecule has 0 radical (unpaired) electrons. The number of aromatic nitrogens is 4. The average molecular weight is 496 g/mol. The van der Waals surface area contributed by atoms with Crippen molar-refractivity contribution in [3.05, 3.63) is 60.2 Å². The lowest BCUT2D eigenvalue weighted by Gasteiger charge is -2.32. The number of nitrogens with one attached hydrogen (secondary N) is 2. The highest BCUT2D eigenvalue weighted by Gasteiger charge is 2.33. The molecule has 1 aliphatic heterocycles. The highest BCUT2D eigenvalue weighted by Crippen LogP contribution is 2.35. The summed E-state index contributed by atoms with van der Waals surface area (Å²) in [5, 5.41) is 3.05. The van der Waals surface area contributed by atoms with Gasteiger partial charge in [-0.3, -0.25) is 4.79 Å². The van der Waals surface area contributed by atoms with E-state index in [1.165, 1.54) is 12.3 Å². The number of H-pyrrole nitrogens is 1. The standard InChI is InChI=1S/C24H23F3N8O/c25-24(26,27)19-11-15-14(3-1-4-16(15)32-19)17-12-31-21(29)20(33-17)23(36)34-22-18(5-2-8-30-22)35-9-6-13(28)7-10-35/h1-5,8,11-13,32H,6-7,9-10,28H2,(H2,29,31)(H,30,34,36). The molecule has 0 unspecified atom stereocenters.